The van der Waals surface area contributed by atoms with E-state index < -0.39 is 0 Å². The Kier molecular flexibility index (Phi) is 5.33. The van der Waals surface area contributed by atoms with Gasteiger partial charge in [0.05, 0.1) is 12.1 Å². The van der Waals surface area contributed by atoms with E-state index in [0.717, 1.165) is 5.56 Å². The van der Waals surface area contributed by atoms with Gasteiger partial charge in [-0.1, -0.05) is 35.6 Å². The summed E-state index contributed by atoms with van der Waals surface area (Å²) in [6.07, 6.45) is 1.56. The summed E-state index contributed by atoms with van der Waals surface area (Å²) in [5.41, 5.74) is 7.17. The van der Waals surface area contributed by atoms with E-state index in [-0.39, 0.29) is 12.5 Å². The molecule has 0 spiro atoms. The van der Waals surface area contributed by atoms with E-state index in [4.69, 9.17) is 17.3 Å². The first-order chi connectivity index (χ1) is 10.2. The van der Waals surface area contributed by atoms with Crippen molar-refractivity contribution in [1.82, 2.24) is 10.3 Å². The fraction of sp³-hybridized carbons (Fsp3) is 0.125. The average Bonchev–Trinajstić information content (AvgIpc) is 2.52. The molecule has 0 aliphatic carbocycles. The van der Waals surface area contributed by atoms with Gasteiger partial charge in [0.25, 0.3) is 5.91 Å². The molecule has 21 heavy (non-hydrogen) atoms. The highest BCUT2D eigenvalue weighted by molar-refractivity contribution is 6.30. The molecule has 1 aromatic heterocycles. The molecule has 3 N–H and O–H groups in total. The van der Waals surface area contributed by atoms with Gasteiger partial charge in [-0.05, 0) is 29.8 Å². The van der Waals surface area contributed by atoms with Crippen LogP contribution in [0.15, 0.2) is 42.6 Å². The highest BCUT2D eigenvalue weighted by atomic mass is 35.5. The van der Waals surface area contributed by atoms with E-state index in [2.05, 4.69) is 22.1 Å². The van der Waals surface area contributed by atoms with Crippen LogP contribution in [0.4, 0.5) is 0 Å². The third-order valence-corrected chi connectivity index (χ3v) is 2.97. The van der Waals surface area contributed by atoms with Crippen molar-refractivity contribution in [2.45, 2.75) is 6.54 Å². The number of benzene rings is 1. The largest absolute Gasteiger partial charge is 0.347 e. The maximum Gasteiger partial charge on any atom is 0.271 e. The lowest BCUT2D eigenvalue weighted by atomic mass is 10.1. The molecule has 0 aliphatic rings. The minimum Gasteiger partial charge on any atom is -0.347 e. The molecule has 0 unspecified atom stereocenters. The Morgan fingerprint density at radius 2 is 2.05 bits per heavy atom. The van der Waals surface area contributed by atoms with Crippen molar-refractivity contribution >= 4 is 17.5 Å². The van der Waals surface area contributed by atoms with E-state index in [1.807, 2.05) is 12.1 Å². The van der Waals surface area contributed by atoms with Crippen LogP contribution in [0.1, 0.15) is 21.6 Å². The molecule has 1 heterocycles. The number of hydrogen-bond donors (Lipinski definition) is 2. The normalized spacial score (nSPS) is 9.62. The Hall–Kier alpha value is -2.35. The van der Waals surface area contributed by atoms with Crippen LogP contribution in [0, 0.1) is 11.8 Å². The van der Waals surface area contributed by atoms with Crippen LogP contribution in [-0.2, 0) is 6.54 Å². The lowest BCUT2D eigenvalue weighted by Crippen LogP contribution is -2.24. The van der Waals surface area contributed by atoms with Crippen molar-refractivity contribution in [3.63, 3.8) is 0 Å². The lowest BCUT2D eigenvalue weighted by molar-refractivity contribution is 0.0945. The molecule has 0 fully saturated rings. The van der Waals surface area contributed by atoms with Crippen LogP contribution in [0.25, 0.3) is 0 Å². The van der Waals surface area contributed by atoms with Crippen molar-refractivity contribution in [1.29, 1.82) is 0 Å². The van der Waals surface area contributed by atoms with Crippen molar-refractivity contribution in [2.75, 3.05) is 6.54 Å². The van der Waals surface area contributed by atoms with Crippen LogP contribution >= 0.6 is 11.6 Å². The topological polar surface area (TPSA) is 68.0 Å². The molecule has 2 aromatic rings. The van der Waals surface area contributed by atoms with E-state index in [1.54, 1.807) is 30.5 Å². The highest BCUT2D eigenvalue weighted by Gasteiger charge is 2.10. The molecule has 0 atom stereocenters. The van der Waals surface area contributed by atoms with E-state index in [9.17, 15) is 4.79 Å². The first-order valence-corrected chi connectivity index (χ1v) is 6.75. The maximum atomic E-state index is 12.2. The lowest BCUT2D eigenvalue weighted by Gasteiger charge is -2.06. The van der Waals surface area contributed by atoms with E-state index in [0.29, 0.717) is 22.8 Å². The molecule has 106 valence electrons. The standard InChI is InChI=1S/C16H14ClN3O/c17-14-7-5-12(6-8-14)11-20-16(21)15-13(3-1-9-18)4-2-10-19-15/h2,4-8,10H,9,11,18H2,(H,20,21). The van der Waals surface area contributed by atoms with E-state index >= 15 is 0 Å². The van der Waals surface area contributed by atoms with Crippen molar-refractivity contribution in [3.05, 3.63) is 64.4 Å². The monoisotopic (exact) mass is 299 g/mol. The van der Waals surface area contributed by atoms with Crippen LogP contribution < -0.4 is 11.1 Å². The maximum absolute atomic E-state index is 12.2. The van der Waals surface area contributed by atoms with Crippen LogP contribution in [0.2, 0.25) is 5.02 Å². The summed E-state index contributed by atoms with van der Waals surface area (Å²) in [5, 5.41) is 3.47. The van der Waals surface area contributed by atoms with Gasteiger partial charge < -0.3 is 11.1 Å². The first-order valence-electron chi connectivity index (χ1n) is 6.37. The molecule has 0 aliphatic heterocycles. The van der Waals surface area contributed by atoms with Crippen LogP contribution in [0.3, 0.4) is 0 Å². The average molecular weight is 300 g/mol. The molecule has 1 aromatic carbocycles. The van der Waals surface area contributed by atoms with Gasteiger partial charge >= 0.3 is 0 Å². The summed E-state index contributed by atoms with van der Waals surface area (Å²) in [5.74, 6) is 5.30. The van der Waals surface area contributed by atoms with E-state index in [1.165, 1.54) is 0 Å². The summed E-state index contributed by atoms with van der Waals surface area (Å²) in [4.78, 5) is 16.3. The Bertz CT molecular complexity index is 687. The van der Waals surface area contributed by atoms with Gasteiger partial charge in [-0.2, -0.15) is 0 Å². The number of carbonyl (C=O) groups is 1. The molecule has 0 saturated carbocycles. The van der Waals surface area contributed by atoms with Crippen molar-refractivity contribution in [2.24, 2.45) is 5.73 Å². The van der Waals surface area contributed by atoms with Gasteiger partial charge in [-0.3, -0.25) is 4.79 Å². The molecular weight excluding hydrogens is 286 g/mol. The highest BCUT2D eigenvalue weighted by Crippen LogP contribution is 2.10. The number of hydrogen-bond acceptors (Lipinski definition) is 3. The van der Waals surface area contributed by atoms with Crippen molar-refractivity contribution < 1.29 is 4.79 Å². The number of nitrogens with zero attached hydrogens (tertiary/aromatic N) is 1. The number of carbonyl (C=O) groups excluding carboxylic acids is 1. The minimum absolute atomic E-state index is 0.237. The second-order valence-corrected chi connectivity index (χ2v) is 4.65. The Labute approximate surface area is 128 Å². The quantitative estimate of drug-likeness (QED) is 0.852. The first kappa shape index (κ1) is 15.0. The van der Waals surface area contributed by atoms with Gasteiger partial charge in [0.15, 0.2) is 0 Å². The van der Waals surface area contributed by atoms with Crippen LogP contribution in [-0.4, -0.2) is 17.4 Å². The fourth-order valence-corrected chi connectivity index (χ4v) is 1.83. The Morgan fingerprint density at radius 1 is 1.29 bits per heavy atom. The number of rotatable bonds is 3. The molecule has 4 nitrogen and oxygen atoms in total. The summed E-state index contributed by atoms with van der Waals surface area (Å²) >= 11 is 5.82. The second kappa shape index (κ2) is 7.44. The smallest absolute Gasteiger partial charge is 0.271 e. The molecular formula is C16H14ClN3O. The van der Waals surface area contributed by atoms with Gasteiger partial charge in [0.2, 0.25) is 0 Å². The van der Waals surface area contributed by atoms with Gasteiger partial charge in [0.1, 0.15) is 5.69 Å². The van der Waals surface area contributed by atoms with Gasteiger partial charge in [0, 0.05) is 17.8 Å². The number of halogens is 1. The molecule has 0 radical (unpaired) electrons. The third-order valence-electron chi connectivity index (χ3n) is 2.71. The Morgan fingerprint density at radius 3 is 2.76 bits per heavy atom. The van der Waals surface area contributed by atoms with Gasteiger partial charge in [-0.15, -0.1) is 0 Å². The third kappa shape index (κ3) is 4.32. The number of pyridine rings is 1. The number of aromatic nitrogens is 1. The molecule has 2 rings (SSSR count). The predicted octanol–water partition coefficient (Wildman–Crippen LogP) is 1.98. The fourth-order valence-electron chi connectivity index (χ4n) is 1.70. The number of amides is 1. The van der Waals surface area contributed by atoms with Gasteiger partial charge in [-0.25, -0.2) is 4.98 Å². The molecule has 0 bridgehead atoms. The predicted molar refractivity (Wildman–Crippen MR) is 82.8 cm³/mol. The molecule has 0 saturated heterocycles. The summed E-state index contributed by atoms with van der Waals surface area (Å²) < 4.78 is 0. The number of nitrogens with one attached hydrogen (secondary N) is 1. The summed E-state index contributed by atoms with van der Waals surface area (Å²) in [7, 11) is 0. The zero-order chi connectivity index (χ0) is 15.1. The minimum atomic E-state index is -0.271. The SMILES string of the molecule is NCC#Cc1cccnc1C(=O)NCc1ccc(Cl)cc1. The summed E-state index contributed by atoms with van der Waals surface area (Å²) in [6, 6.07) is 10.7. The Balaban J connectivity index is 2.08. The molecule has 5 heteroatoms. The molecule has 1 amide bonds. The number of nitrogens with two attached hydrogens (primary N) is 1. The van der Waals surface area contributed by atoms with Crippen molar-refractivity contribution in [3.8, 4) is 11.8 Å². The zero-order valence-electron chi connectivity index (χ0n) is 11.3. The zero-order valence-corrected chi connectivity index (χ0v) is 12.0. The van der Waals surface area contributed by atoms with Crippen LogP contribution in [0.5, 0.6) is 0 Å². The second-order valence-electron chi connectivity index (χ2n) is 4.21. The summed E-state index contributed by atoms with van der Waals surface area (Å²) in [6.45, 7) is 0.636.